The number of halogens is 4. The van der Waals surface area contributed by atoms with Gasteiger partial charge in [0.15, 0.2) is 9.84 Å². The van der Waals surface area contributed by atoms with Crippen LogP contribution in [0, 0.1) is 11.7 Å². The molecule has 1 aromatic heterocycles. The topological polar surface area (TPSA) is 90.5 Å². The first-order valence-electron chi connectivity index (χ1n) is 8.82. The van der Waals surface area contributed by atoms with Gasteiger partial charge in [0, 0.05) is 23.1 Å². The molecule has 0 radical (unpaired) electrons. The number of hydrogen-bond donors (Lipinski definition) is 2. The lowest BCUT2D eigenvalue weighted by molar-refractivity contribution is -0.192. The van der Waals surface area contributed by atoms with Crippen molar-refractivity contribution in [1.29, 1.82) is 0 Å². The lowest BCUT2D eigenvalue weighted by Gasteiger charge is -2.17. The second kappa shape index (κ2) is 9.12. The number of aromatic nitrogens is 1. The molecule has 0 spiro atoms. The number of carboxylic acid groups (broad SMARTS) is 1. The number of H-pyrrole nitrogens is 1. The predicted molar refractivity (Wildman–Crippen MR) is 99.7 cm³/mol. The van der Waals surface area contributed by atoms with Crippen molar-refractivity contribution >= 4 is 26.7 Å². The van der Waals surface area contributed by atoms with Crippen LogP contribution in [-0.2, 0) is 21.2 Å². The van der Waals surface area contributed by atoms with Crippen molar-refractivity contribution in [3.8, 4) is 0 Å². The van der Waals surface area contributed by atoms with Crippen LogP contribution in [0.1, 0.15) is 18.5 Å². The van der Waals surface area contributed by atoms with Crippen molar-refractivity contribution in [3.05, 3.63) is 35.8 Å². The molecule has 1 aliphatic heterocycles. The maximum Gasteiger partial charge on any atom is 0.490 e. The van der Waals surface area contributed by atoms with E-state index in [0.717, 1.165) is 42.5 Å². The minimum absolute atomic E-state index is 0.228. The standard InChI is InChI=1S/C16H21FN2O2S.C2HF3O2/c1-19(6-4-12-5-7-22(20,21)11-12)10-15-9-13-8-14(17)2-3-16(13)18-15;3-2(4,5)1(6)7/h2-3,8-9,12,18H,4-7,10-11H2,1H3;(H,6,7). The summed E-state index contributed by atoms with van der Waals surface area (Å²) in [5.74, 6) is -2.01. The lowest BCUT2D eigenvalue weighted by atomic mass is 10.1. The molecule has 2 aromatic rings. The molecule has 162 valence electrons. The number of nitrogens with one attached hydrogen (secondary N) is 1. The second-order valence-electron chi connectivity index (χ2n) is 7.12. The zero-order valence-electron chi connectivity index (χ0n) is 15.7. The Labute approximate surface area is 165 Å². The Hall–Kier alpha value is -2.14. The second-order valence-corrected chi connectivity index (χ2v) is 9.35. The molecule has 1 aliphatic rings. The van der Waals surface area contributed by atoms with Crippen LogP contribution in [0.4, 0.5) is 17.6 Å². The smallest absolute Gasteiger partial charge is 0.475 e. The fourth-order valence-electron chi connectivity index (χ4n) is 3.12. The Morgan fingerprint density at radius 1 is 1.31 bits per heavy atom. The number of alkyl halides is 3. The molecule has 6 nitrogen and oxygen atoms in total. The van der Waals surface area contributed by atoms with Crippen molar-refractivity contribution in [2.45, 2.75) is 25.6 Å². The van der Waals surface area contributed by atoms with E-state index in [1.54, 1.807) is 6.07 Å². The van der Waals surface area contributed by atoms with E-state index in [-0.39, 0.29) is 5.82 Å². The molecule has 1 unspecified atom stereocenters. The molecule has 2 N–H and O–H groups in total. The first-order valence-corrected chi connectivity index (χ1v) is 10.6. The number of carbonyl (C=O) groups is 1. The zero-order valence-corrected chi connectivity index (χ0v) is 16.5. The van der Waals surface area contributed by atoms with Crippen LogP contribution >= 0.6 is 0 Å². The number of carboxylic acids is 1. The highest BCUT2D eigenvalue weighted by molar-refractivity contribution is 7.91. The molecule has 0 amide bonds. The maximum absolute atomic E-state index is 13.2. The number of rotatable bonds is 5. The van der Waals surface area contributed by atoms with Crippen LogP contribution < -0.4 is 0 Å². The van der Waals surface area contributed by atoms with Gasteiger partial charge in [-0.1, -0.05) is 0 Å². The van der Waals surface area contributed by atoms with Crippen LogP contribution in [0.2, 0.25) is 0 Å². The number of sulfone groups is 1. The van der Waals surface area contributed by atoms with Crippen LogP contribution in [0.3, 0.4) is 0 Å². The summed E-state index contributed by atoms with van der Waals surface area (Å²) >= 11 is 0. The van der Waals surface area contributed by atoms with Crippen molar-refractivity contribution < 1.29 is 35.9 Å². The van der Waals surface area contributed by atoms with E-state index < -0.39 is 22.0 Å². The molecule has 1 aromatic carbocycles. The number of fused-ring (bicyclic) bond motifs is 1. The van der Waals surface area contributed by atoms with Gasteiger partial charge in [-0.2, -0.15) is 13.2 Å². The van der Waals surface area contributed by atoms with E-state index in [1.165, 1.54) is 12.1 Å². The molecule has 2 heterocycles. The minimum Gasteiger partial charge on any atom is -0.475 e. The quantitative estimate of drug-likeness (QED) is 0.700. The van der Waals surface area contributed by atoms with Crippen molar-refractivity contribution in [1.82, 2.24) is 9.88 Å². The van der Waals surface area contributed by atoms with Gasteiger partial charge in [0.2, 0.25) is 0 Å². The van der Waals surface area contributed by atoms with Gasteiger partial charge in [-0.15, -0.1) is 0 Å². The van der Waals surface area contributed by atoms with Crippen LogP contribution in [0.15, 0.2) is 24.3 Å². The predicted octanol–water partition coefficient (Wildman–Crippen LogP) is 3.20. The molecular weight excluding hydrogens is 416 g/mol. The third kappa shape index (κ3) is 7.32. The SMILES string of the molecule is CN(CCC1CCS(=O)(=O)C1)Cc1cc2cc(F)ccc2[nH]1.O=C(O)C(F)(F)F. The largest absolute Gasteiger partial charge is 0.490 e. The average Bonchev–Trinajstić information content (AvgIpc) is 3.14. The summed E-state index contributed by atoms with van der Waals surface area (Å²) in [4.78, 5) is 14.4. The average molecular weight is 438 g/mol. The Kier molecular flexibility index (Phi) is 7.28. The number of nitrogens with zero attached hydrogens (tertiary/aromatic N) is 1. The van der Waals surface area contributed by atoms with Crippen LogP contribution in [0.5, 0.6) is 0 Å². The third-order valence-corrected chi connectivity index (χ3v) is 6.40. The van der Waals surface area contributed by atoms with Gasteiger partial charge in [-0.25, -0.2) is 17.6 Å². The molecule has 1 atom stereocenters. The molecule has 3 rings (SSSR count). The number of aliphatic carboxylic acids is 1. The molecule has 0 bridgehead atoms. The summed E-state index contributed by atoms with van der Waals surface area (Å²) in [6, 6.07) is 6.69. The van der Waals surface area contributed by atoms with Gasteiger partial charge in [0.05, 0.1) is 11.5 Å². The van der Waals surface area contributed by atoms with E-state index in [0.29, 0.717) is 17.4 Å². The Morgan fingerprint density at radius 3 is 2.52 bits per heavy atom. The summed E-state index contributed by atoms with van der Waals surface area (Å²) in [6.07, 6.45) is -3.38. The van der Waals surface area contributed by atoms with E-state index in [1.807, 2.05) is 13.1 Å². The number of hydrogen-bond acceptors (Lipinski definition) is 4. The Balaban J connectivity index is 0.000000370. The first-order chi connectivity index (χ1) is 13.4. The summed E-state index contributed by atoms with van der Waals surface area (Å²) < 4.78 is 67.8. The Bertz CT molecular complexity index is 956. The number of benzene rings is 1. The van der Waals surface area contributed by atoms with Crippen molar-refractivity contribution in [3.63, 3.8) is 0 Å². The summed E-state index contributed by atoms with van der Waals surface area (Å²) in [7, 11) is -0.761. The van der Waals surface area contributed by atoms with E-state index in [2.05, 4.69) is 9.88 Å². The van der Waals surface area contributed by atoms with Crippen molar-refractivity contribution in [2.24, 2.45) is 5.92 Å². The van der Waals surface area contributed by atoms with Gasteiger partial charge >= 0.3 is 12.1 Å². The molecule has 1 fully saturated rings. The highest BCUT2D eigenvalue weighted by Crippen LogP contribution is 2.22. The summed E-state index contributed by atoms with van der Waals surface area (Å²) in [5.41, 5.74) is 1.98. The monoisotopic (exact) mass is 438 g/mol. The van der Waals surface area contributed by atoms with Gasteiger partial charge in [-0.05, 0) is 56.6 Å². The van der Waals surface area contributed by atoms with Gasteiger partial charge in [0.1, 0.15) is 5.82 Å². The first kappa shape index (κ1) is 23.1. The summed E-state index contributed by atoms with van der Waals surface area (Å²) in [5, 5.41) is 8.00. The Morgan fingerprint density at radius 2 is 1.97 bits per heavy atom. The van der Waals surface area contributed by atoms with E-state index in [9.17, 15) is 26.0 Å². The van der Waals surface area contributed by atoms with E-state index in [4.69, 9.17) is 9.90 Å². The fourth-order valence-corrected chi connectivity index (χ4v) is 5.03. The third-order valence-electron chi connectivity index (χ3n) is 4.57. The van der Waals surface area contributed by atoms with Gasteiger partial charge in [0.25, 0.3) is 0 Å². The zero-order chi connectivity index (χ0) is 21.8. The van der Waals surface area contributed by atoms with E-state index >= 15 is 0 Å². The molecule has 0 saturated carbocycles. The highest BCUT2D eigenvalue weighted by atomic mass is 32.2. The highest BCUT2D eigenvalue weighted by Gasteiger charge is 2.38. The molecular formula is C18H22F4N2O4S. The normalized spacial score (nSPS) is 18.6. The van der Waals surface area contributed by atoms with Crippen molar-refractivity contribution in [2.75, 3.05) is 25.1 Å². The lowest BCUT2D eigenvalue weighted by Crippen LogP contribution is -2.22. The van der Waals surface area contributed by atoms with Crippen LogP contribution in [-0.4, -0.2) is 60.7 Å². The van der Waals surface area contributed by atoms with Crippen LogP contribution in [0.25, 0.3) is 10.9 Å². The molecule has 29 heavy (non-hydrogen) atoms. The maximum atomic E-state index is 13.2. The molecule has 1 saturated heterocycles. The number of aromatic amines is 1. The van der Waals surface area contributed by atoms with Gasteiger partial charge in [-0.3, -0.25) is 0 Å². The van der Waals surface area contributed by atoms with Gasteiger partial charge < -0.3 is 15.0 Å². The minimum atomic E-state index is -5.08. The molecule has 11 heteroatoms. The fraction of sp³-hybridized carbons (Fsp3) is 0.500. The molecule has 0 aliphatic carbocycles. The summed E-state index contributed by atoms with van der Waals surface area (Å²) in [6.45, 7) is 1.61.